The van der Waals surface area contributed by atoms with Gasteiger partial charge in [-0.1, -0.05) is 23.8 Å². The fraction of sp³-hybridized carbons (Fsp3) is 0.455. The molecule has 9 heteroatoms. The van der Waals surface area contributed by atoms with Gasteiger partial charge in [0.05, 0.1) is 36.3 Å². The van der Waals surface area contributed by atoms with Crippen molar-refractivity contribution in [2.75, 3.05) is 32.9 Å². The molecule has 4 atom stereocenters. The summed E-state index contributed by atoms with van der Waals surface area (Å²) in [6.07, 6.45) is 6.43. The highest BCUT2D eigenvalue weighted by atomic mass is 35.5. The Hall–Kier alpha value is -2.71. The molecule has 5 rings (SSSR count). The van der Waals surface area contributed by atoms with Crippen LogP contribution in [0.15, 0.2) is 35.5 Å². The molecule has 2 heterocycles. The van der Waals surface area contributed by atoms with Crippen molar-refractivity contribution in [3.63, 3.8) is 0 Å². The highest BCUT2D eigenvalue weighted by Gasteiger charge is 2.59. The quantitative estimate of drug-likeness (QED) is 0.393. The lowest BCUT2D eigenvalue weighted by Crippen LogP contribution is -2.43. The summed E-state index contributed by atoms with van der Waals surface area (Å²) in [7, 11) is 0. The molecular weight excluding hydrogens is 422 g/mol. The number of morpholine rings is 1. The zero-order valence-corrected chi connectivity index (χ0v) is 17.5. The van der Waals surface area contributed by atoms with E-state index in [-0.39, 0.29) is 48.0 Å². The largest absolute Gasteiger partial charge is 0.482 e. The molecule has 3 amide bonds. The maximum Gasteiger partial charge on any atom is 0.260 e. The third kappa shape index (κ3) is 3.64. The Morgan fingerprint density at radius 2 is 1.84 bits per heavy atom. The fourth-order valence-electron chi connectivity index (χ4n) is 4.88. The number of carbonyl (C=O) groups is 3. The van der Waals surface area contributed by atoms with Crippen molar-refractivity contribution in [3.05, 3.63) is 40.9 Å². The molecule has 0 aromatic heterocycles. The Balaban J connectivity index is 1.21. The van der Waals surface area contributed by atoms with E-state index in [9.17, 15) is 14.4 Å². The number of hydrogen-bond acceptors (Lipinski definition) is 6. The van der Waals surface area contributed by atoms with Crippen LogP contribution in [-0.2, 0) is 19.1 Å². The summed E-state index contributed by atoms with van der Waals surface area (Å²) in [6, 6.07) is 4.97. The van der Waals surface area contributed by atoms with E-state index in [2.05, 4.69) is 5.10 Å². The smallest absolute Gasteiger partial charge is 0.260 e. The Bertz CT molecular complexity index is 957. The maximum absolute atomic E-state index is 12.7. The number of carbonyl (C=O) groups excluding carboxylic acids is 3. The van der Waals surface area contributed by atoms with E-state index in [1.54, 1.807) is 23.1 Å². The number of amides is 3. The maximum atomic E-state index is 12.7. The summed E-state index contributed by atoms with van der Waals surface area (Å²) in [5, 5.41) is 5.47. The number of fused-ring (bicyclic) bond motifs is 5. The lowest BCUT2D eigenvalue weighted by atomic mass is 9.85. The number of rotatable bonds is 5. The zero-order valence-electron chi connectivity index (χ0n) is 16.8. The van der Waals surface area contributed by atoms with Crippen molar-refractivity contribution >= 4 is 35.5 Å². The Morgan fingerprint density at radius 3 is 2.48 bits per heavy atom. The second-order valence-corrected chi connectivity index (χ2v) is 8.61. The molecule has 4 aliphatic rings. The highest BCUT2D eigenvalue weighted by Crippen LogP contribution is 2.52. The molecule has 1 aromatic carbocycles. The van der Waals surface area contributed by atoms with E-state index in [1.807, 2.05) is 12.2 Å². The van der Waals surface area contributed by atoms with Gasteiger partial charge in [-0.05, 0) is 42.0 Å². The zero-order chi connectivity index (χ0) is 21.5. The Morgan fingerprint density at radius 1 is 1.16 bits per heavy atom. The van der Waals surface area contributed by atoms with E-state index in [4.69, 9.17) is 21.1 Å². The van der Waals surface area contributed by atoms with Gasteiger partial charge in [-0.15, -0.1) is 0 Å². The molecule has 31 heavy (non-hydrogen) atoms. The van der Waals surface area contributed by atoms with Gasteiger partial charge in [-0.2, -0.15) is 10.1 Å². The SMILES string of the molecule is O=C(COc1ccc(C=NN2C(=O)[C@@H]3[C@H](C2=O)[C@H]2C=C[C@H]3C2)cc1Cl)N1CCOCC1. The van der Waals surface area contributed by atoms with Crippen LogP contribution in [-0.4, -0.2) is 66.8 Å². The fourth-order valence-corrected chi connectivity index (χ4v) is 5.13. The van der Waals surface area contributed by atoms with Crippen molar-refractivity contribution in [1.29, 1.82) is 0 Å². The second-order valence-electron chi connectivity index (χ2n) is 8.20. The van der Waals surface area contributed by atoms with Crippen molar-refractivity contribution in [2.45, 2.75) is 6.42 Å². The molecule has 2 aliphatic heterocycles. The van der Waals surface area contributed by atoms with E-state index >= 15 is 0 Å². The summed E-state index contributed by atoms with van der Waals surface area (Å²) in [4.78, 5) is 39.2. The number of ether oxygens (including phenoxy) is 2. The molecule has 0 spiro atoms. The van der Waals surface area contributed by atoms with Gasteiger partial charge in [-0.3, -0.25) is 14.4 Å². The first-order valence-corrected chi connectivity index (χ1v) is 10.8. The first kappa shape index (κ1) is 20.2. The van der Waals surface area contributed by atoms with Crippen LogP contribution in [0, 0.1) is 23.7 Å². The molecule has 3 fully saturated rings. The molecule has 0 unspecified atom stereocenters. The number of allylic oxidation sites excluding steroid dienone is 2. The van der Waals surface area contributed by atoms with E-state index in [1.165, 1.54) is 6.21 Å². The lowest BCUT2D eigenvalue weighted by Gasteiger charge is -2.26. The molecule has 1 aromatic rings. The monoisotopic (exact) mass is 443 g/mol. The van der Waals surface area contributed by atoms with Crippen LogP contribution in [0.1, 0.15) is 12.0 Å². The predicted molar refractivity (Wildman–Crippen MR) is 112 cm³/mol. The van der Waals surface area contributed by atoms with Gasteiger partial charge in [0, 0.05) is 13.1 Å². The molecule has 2 aliphatic carbocycles. The van der Waals surface area contributed by atoms with Crippen molar-refractivity contribution in [3.8, 4) is 5.75 Å². The highest BCUT2D eigenvalue weighted by molar-refractivity contribution is 6.32. The van der Waals surface area contributed by atoms with Gasteiger partial charge < -0.3 is 14.4 Å². The van der Waals surface area contributed by atoms with Crippen molar-refractivity contribution in [2.24, 2.45) is 28.8 Å². The molecular formula is C22H22ClN3O5. The number of nitrogens with zero attached hydrogens (tertiary/aromatic N) is 3. The third-order valence-corrected chi connectivity index (χ3v) is 6.74. The van der Waals surface area contributed by atoms with Crippen LogP contribution in [0.3, 0.4) is 0 Å². The summed E-state index contributed by atoms with van der Waals surface area (Å²) in [5.41, 5.74) is 0.621. The summed E-state index contributed by atoms with van der Waals surface area (Å²) in [5.74, 6) is -0.441. The average molecular weight is 444 g/mol. The topological polar surface area (TPSA) is 88.5 Å². The minimum absolute atomic E-state index is 0.108. The first-order valence-electron chi connectivity index (χ1n) is 10.4. The minimum atomic E-state index is -0.275. The molecule has 0 N–H and O–H groups in total. The van der Waals surface area contributed by atoms with E-state index in [0.717, 1.165) is 11.4 Å². The van der Waals surface area contributed by atoms with Gasteiger partial charge in [-0.25, -0.2) is 0 Å². The molecule has 1 saturated carbocycles. The molecule has 8 nitrogen and oxygen atoms in total. The molecule has 2 saturated heterocycles. The summed E-state index contributed by atoms with van der Waals surface area (Å²) < 4.78 is 10.8. The normalized spacial score (nSPS) is 29.3. The van der Waals surface area contributed by atoms with Gasteiger partial charge in [0.25, 0.3) is 17.7 Å². The van der Waals surface area contributed by atoms with E-state index in [0.29, 0.717) is 42.6 Å². The Labute approximate surface area is 184 Å². The third-order valence-electron chi connectivity index (χ3n) is 6.44. The molecule has 2 bridgehead atoms. The van der Waals surface area contributed by atoms with Crippen molar-refractivity contribution in [1.82, 2.24) is 9.91 Å². The number of halogens is 1. The standard InChI is InChI=1S/C22H22ClN3O5/c23-16-9-13(1-4-17(16)31-12-18(27)25-5-7-30-8-6-25)11-24-26-21(28)19-14-2-3-15(10-14)20(19)22(26)29/h1-4,9,11,14-15,19-20H,5-8,10,12H2/t14-,15-,19-,20+/m0/s1. The van der Waals surface area contributed by atoms with Crippen LogP contribution in [0.2, 0.25) is 5.02 Å². The molecule has 162 valence electrons. The van der Waals surface area contributed by atoms with Crippen LogP contribution < -0.4 is 4.74 Å². The first-order chi connectivity index (χ1) is 15.0. The minimum Gasteiger partial charge on any atom is -0.482 e. The van der Waals surface area contributed by atoms with Gasteiger partial charge in [0.2, 0.25) is 0 Å². The number of imide groups is 1. The van der Waals surface area contributed by atoms with Gasteiger partial charge in [0.15, 0.2) is 6.61 Å². The van der Waals surface area contributed by atoms with Crippen LogP contribution in [0.5, 0.6) is 5.75 Å². The van der Waals surface area contributed by atoms with Crippen LogP contribution in [0.25, 0.3) is 0 Å². The lowest BCUT2D eigenvalue weighted by molar-refractivity contribution is -0.140. The van der Waals surface area contributed by atoms with Crippen LogP contribution in [0.4, 0.5) is 0 Å². The second kappa shape index (κ2) is 8.09. The van der Waals surface area contributed by atoms with E-state index < -0.39 is 0 Å². The number of benzene rings is 1. The van der Waals surface area contributed by atoms with Gasteiger partial charge >= 0.3 is 0 Å². The predicted octanol–water partition coefficient (Wildman–Crippen LogP) is 1.72. The molecule has 0 radical (unpaired) electrons. The Kier molecular flexibility index (Phi) is 5.27. The summed E-state index contributed by atoms with van der Waals surface area (Å²) >= 11 is 6.29. The van der Waals surface area contributed by atoms with Gasteiger partial charge in [0.1, 0.15) is 5.75 Å². The van der Waals surface area contributed by atoms with Crippen LogP contribution >= 0.6 is 11.6 Å². The average Bonchev–Trinajstić information content (AvgIpc) is 3.46. The number of hydrazone groups is 1. The van der Waals surface area contributed by atoms with Crippen molar-refractivity contribution < 1.29 is 23.9 Å². The summed E-state index contributed by atoms with van der Waals surface area (Å²) in [6.45, 7) is 2.06. The number of hydrogen-bond donors (Lipinski definition) is 0.